The number of halogens is 1. The molecule has 0 bridgehead atoms. The van der Waals surface area contributed by atoms with E-state index in [-0.39, 0.29) is 11.0 Å². The number of aromatic nitrogens is 4. The van der Waals surface area contributed by atoms with Gasteiger partial charge in [-0.3, -0.25) is 9.48 Å². The minimum absolute atomic E-state index is 0.0974. The molecule has 0 spiro atoms. The molecule has 2 aromatic heterocycles. The molecule has 5 nitrogen and oxygen atoms in total. The summed E-state index contributed by atoms with van der Waals surface area (Å²) in [6.07, 6.45) is 3.61. The van der Waals surface area contributed by atoms with Crippen molar-refractivity contribution in [3.63, 3.8) is 0 Å². The quantitative estimate of drug-likeness (QED) is 0.825. The lowest BCUT2D eigenvalue weighted by atomic mass is 9.92. The minimum atomic E-state index is -0.166. The Balaban J connectivity index is 2.60. The van der Waals surface area contributed by atoms with Crippen LogP contribution in [0.4, 0.5) is 0 Å². The molecule has 2 aromatic rings. The van der Waals surface area contributed by atoms with Crippen LogP contribution < -0.4 is 5.56 Å². The largest absolute Gasteiger partial charge is 0.305 e. The van der Waals surface area contributed by atoms with Crippen LogP contribution in [-0.2, 0) is 12.0 Å². The van der Waals surface area contributed by atoms with Gasteiger partial charge in [0.15, 0.2) is 0 Å². The zero-order valence-corrected chi connectivity index (χ0v) is 13.6. The van der Waals surface area contributed by atoms with Gasteiger partial charge in [-0.2, -0.15) is 5.10 Å². The lowest BCUT2D eigenvalue weighted by Crippen LogP contribution is -2.24. The smallest absolute Gasteiger partial charge is 0.264 e. The monoisotopic (exact) mass is 372 g/mol. The van der Waals surface area contributed by atoms with Gasteiger partial charge in [0.2, 0.25) is 0 Å². The molecule has 0 aliphatic heterocycles. The predicted molar refractivity (Wildman–Crippen MR) is 83.2 cm³/mol. The molecule has 2 rings (SSSR count). The zero-order valence-electron chi connectivity index (χ0n) is 11.5. The van der Waals surface area contributed by atoms with Gasteiger partial charge in [-0.25, -0.2) is 4.98 Å². The van der Waals surface area contributed by atoms with E-state index in [1.165, 1.54) is 0 Å². The van der Waals surface area contributed by atoms with Gasteiger partial charge in [-0.1, -0.05) is 20.8 Å². The highest BCUT2D eigenvalue weighted by Crippen LogP contribution is 2.25. The molecule has 0 radical (unpaired) electrons. The SMILES string of the molecule is CCn1cc(-c2nc(C(C)(C)C)c(I)c(=O)[nH]2)cn1. The number of aryl methyl sites for hydroxylation is 1. The van der Waals surface area contributed by atoms with Crippen LogP contribution in [0.2, 0.25) is 0 Å². The number of aromatic amines is 1. The molecule has 0 amide bonds. The molecule has 102 valence electrons. The highest BCUT2D eigenvalue weighted by molar-refractivity contribution is 14.1. The van der Waals surface area contributed by atoms with Crippen LogP contribution in [0.3, 0.4) is 0 Å². The third kappa shape index (κ3) is 2.88. The fourth-order valence-corrected chi connectivity index (χ4v) is 2.82. The molecule has 2 heterocycles. The Morgan fingerprint density at radius 1 is 1.42 bits per heavy atom. The second kappa shape index (κ2) is 5.07. The average molecular weight is 372 g/mol. The van der Waals surface area contributed by atoms with Crippen molar-refractivity contribution >= 4 is 22.6 Å². The van der Waals surface area contributed by atoms with E-state index in [2.05, 4.69) is 58.4 Å². The normalized spacial score (nSPS) is 11.8. The number of hydrogen-bond donors (Lipinski definition) is 1. The van der Waals surface area contributed by atoms with E-state index < -0.39 is 0 Å². The molecule has 0 aromatic carbocycles. The highest BCUT2D eigenvalue weighted by Gasteiger charge is 2.22. The molecular formula is C13H17IN4O. The molecular weight excluding hydrogens is 355 g/mol. The fraction of sp³-hybridized carbons (Fsp3) is 0.462. The molecule has 0 aliphatic rings. The van der Waals surface area contributed by atoms with Crippen molar-refractivity contribution in [1.29, 1.82) is 0 Å². The van der Waals surface area contributed by atoms with Crippen LogP contribution in [0.25, 0.3) is 11.4 Å². The zero-order chi connectivity index (χ0) is 14.2. The summed E-state index contributed by atoms with van der Waals surface area (Å²) in [6.45, 7) is 8.96. The van der Waals surface area contributed by atoms with Gasteiger partial charge in [-0.15, -0.1) is 0 Å². The van der Waals surface area contributed by atoms with Gasteiger partial charge in [0.25, 0.3) is 5.56 Å². The first-order chi connectivity index (χ1) is 8.82. The number of rotatable bonds is 2. The summed E-state index contributed by atoms with van der Waals surface area (Å²) in [7, 11) is 0. The second-order valence-corrected chi connectivity index (χ2v) is 6.49. The number of nitrogens with one attached hydrogen (secondary N) is 1. The summed E-state index contributed by atoms with van der Waals surface area (Å²) in [5, 5.41) is 4.21. The lowest BCUT2D eigenvalue weighted by Gasteiger charge is -2.19. The van der Waals surface area contributed by atoms with Crippen molar-refractivity contribution in [2.75, 3.05) is 0 Å². The van der Waals surface area contributed by atoms with Gasteiger partial charge in [0.05, 0.1) is 17.5 Å². The molecule has 0 fully saturated rings. The first kappa shape index (κ1) is 14.2. The third-order valence-corrected chi connectivity index (χ3v) is 3.80. The molecule has 0 atom stereocenters. The molecule has 1 N–H and O–H groups in total. The maximum Gasteiger partial charge on any atom is 0.264 e. The Hall–Kier alpha value is -1.18. The van der Waals surface area contributed by atoms with Crippen LogP contribution in [0.5, 0.6) is 0 Å². The summed E-state index contributed by atoms with van der Waals surface area (Å²) in [4.78, 5) is 19.4. The summed E-state index contributed by atoms with van der Waals surface area (Å²) in [5.74, 6) is 0.579. The highest BCUT2D eigenvalue weighted by atomic mass is 127. The molecule has 0 saturated heterocycles. The maximum atomic E-state index is 12.0. The van der Waals surface area contributed by atoms with Crippen molar-refractivity contribution in [3.8, 4) is 11.4 Å². The van der Waals surface area contributed by atoms with Crippen molar-refractivity contribution < 1.29 is 0 Å². The van der Waals surface area contributed by atoms with Crippen LogP contribution in [-0.4, -0.2) is 19.7 Å². The summed E-state index contributed by atoms with van der Waals surface area (Å²) in [5.41, 5.74) is 1.39. The Morgan fingerprint density at radius 2 is 2.11 bits per heavy atom. The van der Waals surface area contributed by atoms with Gasteiger partial charge in [-0.05, 0) is 29.5 Å². The molecule has 6 heteroatoms. The lowest BCUT2D eigenvalue weighted by molar-refractivity contribution is 0.562. The van der Waals surface area contributed by atoms with E-state index >= 15 is 0 Å². The summed E-state index contributed by atoms with van der Waals surface area (Å²) < 4.78 is 2.46. The van der Waals surface area contributed by atoms with Gasteiger partial charge < -0.3 is 4.98 Å². The molecule has 0 unspecified atom stereocenters. The van der Waals surface area contributed by atoms with E-state index in [4.69, 9.17) is 0 Å². The van der Waals surface area contributed by atoms with E-state index in [9.17, 15) is 4.79 Å². The van der Waals surface area contributed by atoms with Gasteiger partial charge >= 0.3 is 0 Å². The summed E-state index contributed by atoms with van der Waals surface area (Å²) in [6, 6.07) is 0. The van der Waals surface area contributed by atoms with Crippen LogP contribution in [0, 0.1) is 3.57 Å². The van der Waals surface area contributed by atoms with Crippen molar-refractivity contribution in [1.82, 2.24) is 19.7 Å². The maximum absolute atomic E-state index is 12.0. The number of H-pyrrole nitrogens is 1. The third-order valence-electron chi connectivity index (χ3n) is 2.80. The second-order valence-electron chi connectivity index (χ2n) is 5.41. The Kier molecular flexibility index (Phi) is 3.80. The molecule has 0 aliphatic carbocycles. The standard InChI is InChI=1S/C13H17IN4O/c1-5-18-7-8(6-15-18)11-16-10(13(2,3)4)9(14)12(19)17-11/h6-7H,5H2,1-4H3,(H,16,17,19). The topological polar surface area (TPSA) is 63.6 Å². The van der Waals surface area contributed by atoms with Crippen molar-refractivity contribution in [3.05, 3.63) is 32.0 Å². The number of hydrogen-bond acceptors (Lipinski definition) is 3. The Bertz CT molecular complexity index is 651. The number of nitrogens with zero attached hydrogens (tertiary/aromatic N) is 3. The fourth-order valence-electron chi connectivity index (χ4n) is 1.75. The average Bonchev–Trinajstić information content (AvgIpc) is 2.79. The van der Waals surface area contributed by atoms with E-state index in [0.717, 1.165) is 17.8 Å². The summed E-state index contributed by atoms with van der Waals surface area (Å²) >= 11 is 2.05. The Morgan fingerprint density at radius 3 is 2.63 bits per heavy atom. The van der Waals surface area contributed by atoms with E-state index in [1.54, 1.807) is 6.20 Å². The van der Waals surface area contributed by atoms with Crippen molar-refractivity contribution in [2.45, 2.75) is 39.7 Å². The first-order valence-electron chi connectivity index (χ1n) is 6.16. The first-order valence-corrected chi connectivity index (χ1v) is 7.24. The van der Waals surface area contributed by atoms with Crippen LogP contribution in [0.15, 0.2) is 17.2 Å². The van der Waals surface area contributed by atoms with Crippen LogP contribution >= 0.6 is 22.6 Å². The minimum Gasteiger partial charge on any atom is -0.305 e. The van der Waals surface area contributed by atoms with Gasteiger partial charge in [0, 0.05) is 18.2 Å². The van der Waals surface area contributed by atoms with E-state index in [1.807, 2.05) is 17.8 Å². The van der Waals surface area contributed by atoms with Crippen molar-refractivity contribution in [2.24, 2.45) is 0 Å². The van der Waals surface area contributed by atoms with E-state index in [0.29, 0.717) is 9.39 Å². The predicted octanol–water partition coefficient (Wildman–Crippen LogP) is 2.56. The Labute approximate surface area is 125 Å². The van der Waals surface area contributed by atoms with Crippen LogP contribution in [0.1, 0.15) is 33.4 Å². The molecule has 0 saturated carbocycles. The van der Waals surface area contributed by atoms with Gasteiger partial charge in [0.1, 0.15) is 9.39 Å². The molecule has 19 heavy (non-hydrogen) atoms.